The lowest BCUT2D eigenvalue weighted by Gasteiger charge is -2.22. The number of aromatic nitrogens is 3. The van der Waals surface area contributed by atoms with Crippen molar-refractivity contribution in [3.8, 4) is 50.6 Å². The molecule has 9 aromatic carbocycles. The van der Waals surface area contributed by atoms with Crippen LogP contribution in [-0.2, 0) is 11.8 Å². The minimum atomic E-state index is -0.158. The van der Waals surface area contributed by atoms with Gasteiger partial charge in [0.05, 0.1) is 22.2 Å². The van der Waals surface area contributed by atoms with Crippen LogP contribution < -0.4 is 0 Å². The van der Waals surface area contributed by atoms with Gasteiger partial charge in [0.2, 0.25) is 5.95 Å². The molecule has 0 spiro atoms. The average Bonchev–Trinajstić information content (AvgIpc) is 3.79. The average molecular weight is 792 g/mol. The van der Waals surface area contributed by atoms with E-state index in [2.05, 4.69) is 206 Å². The number of benzene rings is 9. The molecule has 2 aliphatic carbocycles. The number of hydrogen-bond donors (Lipinski definition) is 0. The first-order chi connectivity index (χ1) is 30.5. The summed E-state index contributed by atoms with van der Waals surface area (Å²) < 4.78 is 2.35. The molecule has 2 heterocycles. The molecule has 0 unspecified atom stereocenters. The third kappa shape index (κ3) is 5.06. The first-order valence-electron chi connectivity index (χ1n) is 21.8. The Hall–Kier alpha value is -7.62. The van der Waals surface area contributed by atoms with Crippen molar-refractivity contribution < 1.29 is 0 Å². The number of para-hydroxylation sites is 2. The molecular weight excluding hydrogens is 751 g/mol. The molecule has 0 saturated heterocycles. The number of rotatable bonds is 4. The topological polar surface area (TPSA) is 30.7 Å². The maximum Gasteiger partial charge on any atom is 0.235 e. The number of allylic oxidation sites excluding steroid dienone is 1. The minimum absolute atomic E-state index is 0.158. The number of fused-ring (bicyclic) bond motifs is 12. The predicted molar refractivity (Wildman–Crippen MR) is 260 cm³/mol. The highest BCUT2D eigenvalue weighted by Gasteiger charge is 2.37. The van der Waals surface area contributed by atoms with E-state index in [4.69, 9.17) is 9.97 Å². The lowest BCUT2D eigenvalue weighted by atomic mass is 9.81. The molecule has 0 aliphatic heterocycles. The fraction of sp³-hybridized carbons (Fsp3) is 0.0847. The van der Waals surface area contributed by atoms with Crippen molar-refractivity contribution in [1.29, 1.82) is 0 Å². The molecule has 292 valence electrons. The van der Waals surface area contributed by atoms with E-state index < -0.39 is 0 Å². The Morgan fingerprint density at radius 1 is 0.516 bits per heavy atom. The third-order valence-electron chi connectivity index (χ3n) is 13.9. The van der Waals surface area contributed by atoms with Crippen molar-refractivity contribution in [3.05, 3.63) is 204 Å². The minimum Gasteiger partial charge on any atom is -0.277 e. The zero-order chi connectivity index (χ0) is 41.1. The second kappa shape index (κ2) is 13.2. The molecule has 0 bridgehead atoms. The summed E-state index contributed by atoms with van der Waals surface area (Å²) in [6.07, 6.45) is 6.75. The highest BCUT2D eigenvalue weighted by Crippen LogP contribution is 2.53. The van der Waals surface area contributed by atoms with Gasteiger partial charge >= 0.3 is 0 Å². The summed E-state index contributed by atoms with van der Waals surface area (Å²) >= 11 is 0. The quantitative estimate of drug-likeness (QED) is 0.178. The van der Waals surface area contributed by atoms with Crippen molar-refractivity contribution >= 4 is 60.3 Å². The van der Waals surface area contributed by atoms with Crippen molar-refractivity contribution in [2.24, 2.45) is 0 Å². The van der Waals surface area contributed by atoms with E-state index >= 15 is 0 Å². The van der Waals surface area contributed by atoms with Crippen LogP contribution in [0.2, 0.25) is 0 Å². The molecule has 0 fully saturated rings. The molecule has 3 nitrogen and oxygen atoms in total. The first kappa shape index (κ1) is 35.2. The van der Waals surface area contributed by atoms with Crippen LogP contribution in [0.5, 0.6) is 0 Å². The van der Waals surface area contributed by atoms with E-state index in [1.165, 1.54) is 88.0 Å². The summed E-state index contributed by atoms with van der Waals surface area (Å²) in [5.74, 6) is 0.671. The monoisotopic (exact) mass is 791 g/mol. The zero-order valence-corrected chi connectivity index (χ0v) is 34.7. The molecule has 0 radical (unpaired) electrons. The molecule has 2 aliphatic rings. The SMILES string of the molecule is CC1(C)c2cc(-c3cccc4c5c6c(ccc5n(-c5nc(-c7ccc(-c8cccc9ccccc89)cc7)c7ccccc7n5)c34)CCC=C6)ccc2-c2c1ccc1ccccc21. The van der Waals surface area contributed by atoms with Gasteiger partial charge in [-0.3, -0.25) is 4.57 Å². The smallest absolute Gasteiger partial charge is 0.235 e. The van der Waals surface area contributed by atoms with Crippen LogP contribution in [0.15, 0.2) is 182 Å². The predicted octanol–water partition coefficient (Wildman–Crippen LogP) is 15.3. The Morgan fingerprint density at radius 3 is 2.08 bits per heavy atom. The Kier molecular flexibility index (Phi) is 7.48. The van der Waals surface area contributed by atoms with Gasteiger partial charge < -0.3 is 0 Å². The van der Waals surface area contributed by atoms with E-state index in [0.717, 1.165) is 46.0 Å². The maximum atomic E-state index is 5.58. The molecule has 3 heteroatoms. The fourth-order valence-electron chi connectivity index (χ4n) is 10.9. The highest BCUT2D eigenvalue weighted by molar-refractivity contribution is 6.17. The Morgan fingerprint density at radius 2 is 1.21 bits per heavy atom. The van der Waals surface area contributed by atoms with Gasteiger partial charge in [-0.15, -0.1) is 0 Å². The van der Waals surface area contributed by atoms with Crippen LogP contribution in [0.4, 0.5) is 0 Å². The Labute approximate surface area is 360 Å². The highest BCUT2D eigenvalue weighted by atomic mass is 15.2. The van der Waals surface area contributed by atoms with Crippen molar-refractivity contribution in [3.63, 3.8) is 0 Å². The number of aryl methyl sites for hydroxylation is 1. The largest absolute Gasteiger partial charge is 0.277 e. The fourth-order valence-corrected chi connectivity index (χ4v) is 10.9. The number of hydrogen-bond acceptors (Lipinski definition) is 2. The number of nitrogens with zero attached hydrogens (tertiary/aromatic N) is 3. The second-order valence-corrected chi connectivity index (χ2v) is 17.6. The lowest BCUT2D eigenvalue weighted by Crippen LogP contribution is -2.15. The second-order valence-electron chi connectivity index (χ2n) is 17.6. The van der Waals surface area contributed by atoms with Crippen LogP contribution in [0, 0.1) is 0 Å². The molecule has 0 saturated carbocycles. The van der Waals surface area contributed by atoms with E-state index in [-0.39, 0.29) is 5.41 Å². The van der Waals surface area contributed by atoms with Crippen LogP contribution in [0.3, 0.4) is 0 Å². The van der Waals surface area contributed by atoms with E-state index in [0.29, 0.717) is 5.95 Å². The van der Waals surface area contributed by atoms with E-state index in [1.807, 2.05) is 0 Å². The van der Waals surface area contributed by atoms with Crippen LogP contribution in [0.25, 0.3) is 111 Å². The van der Waals surface area contributed by atoms with Gasteiger partial charge in [0.25, 0.3) is 0 Å². The molecule has 62 heavy (non-hydrogen) atoms. The normalized spacial score (nSPS) is 13.9. The van der Waals surface area contributed by atoms with Gasteiger partial charge in [-0.05, 0) is 103 Å². The van der Waals surface area contributed by atoms with E-state index in [1.54, 1.807) is 0 Å². The summed E-state index contributed by atoms with van der Waals surface area (Å²) in [5, 5.41) is 8.59. The third-order valence-corrected chi connectivity index (χ3v) is 13.9. The van der Waals surface area contributed by atoms with Gasteiger partial charge in [-0.1, -0.05) is 184 Å². The molecule has 2 aromatic heterocycles. The van der Waals surface area contributed by atoms with Crippen molar-refractivity contribution in [2.75, 3.05) is 0 Å². The lowest BCUT2D eigenvalue weighted by molar-refractivity contribution is 0.661. The summed E-state index contributed by atoms with van der Waals surface area (Å²) in [6, 6.07) is 64.6. The van der Waals surface area contributed by atoms with Crippen LogP contribution in [0.1, 0.15) is 42.5 Å². The molecule has 13 rings (SSSR count). The van der Waals surface area contributed by atoms with Gasteiger partial charge in [-0.25, -0.2) is 9.97 Å². The standard InChI is InChI=1S/C59H41N3/c1-59(2)50-33-30-37-14-4-7-18-44(37)54(50)47-32-29-41(35-51(47)59)46-22-12-23-49-55-45-19-8-5-15-38(45)31-34-53(55)62(57(46)49)58-60-52-24-10-9-20-48(52)56(61-58)40-27-25-39(26-28-40)43-21-11-16-36-13-3-6-17-42(36)43/h3-4,6-14,16-35H,5,15H2,1-2H3. The zero-order valence-electron chi connectivity index (χ0n) is 34.7. The van der Waals surface area contributed by atoms with Crippen LogP contribution >= 0.6 is 0 Å². The van der Waals surface area contributed by atoms with Gasteiger partial charge in [-0.2, -0.15) is 0 Å². The summed E-state index contributed by atoms with van der Waals surface area (Å²) in [6.45, 7) is 4.76. The van der Waals surface area contributed by atoms with Gasteiger partial charge in [0.15, 0.2) is 0 Å². The summed E-state index contributed by atoms with van der Waals surface area (Å²) in [5.41, 5.74) is 17.9. The first-order valence-corrected chi connectivity index (χ1v) is 21.8. The van der Waals surface area contributed by atoms with Gasteiger partial charge in [0, 0.05) is 32.7 Å². The summed E-state index contributed by atoms with van der Waals surface area (Å²) in [4.78, 5) is 11.0. The van der Waals surface area contributed by atoms with E-state index in [9.17, 15) is 0 Å². The van der Waals surface area contributed by atoms with Crippen molar-refractivity contribution in [2.45, 2.75) is 32.1 Å². The molecule has 0 atom stereocenters. The molecule has 11 aromatic rings. The van der Waals surface area contributed by atoms with Gasteiger partial charge in [0.1, 0.15) is 0 Å². The maximum absolute atomic E-state index is 5.58. The Balaban J connectivity index is 1.05. The molecule has 0 N–H and O–H groups in total. The Bertz CT molecular complexity index is 3710. The van der Waals surface area contributed by atoms with Crippen LogP contribution in [-0.4, -0.2) is 14.5 Å². The molecular formula is C59H41N3. The van der Waals surface area contributed by atoms with Crippen molar-refractivity contribution in [1.82, 2.24) is 14.5 Å². The molecule has 0 amide bonds. The summed E-state index contributed by atoms with van der Waals surface area (Å²) in [7, 11) is 0.